The number of aryl methyl sites for hydroxylation is 1. The maximum absolute atomic E-state index is 13.4. The Balaban J connectivity index is 1.74. The summed E-state index contributed by atoms with van der Waals surface area (Å²) in [4.78, 5) is 28.1. The number of aliphatic hydroxyl groups is 1. The SMILES string of the molecule is CC(C)Oc1cccc(C2C(C(=O)CCc3ccccc3)=C(O)C(=O)N2c2ccc(C#N)cc2)c1. The van der Waals surface area contributed by atoms with Gasteiger partial charge in [-0.3, -0.25) is 14.5 Å². The number of rotatable bonds is 8. The lowest BCUT2D eigenvalue weighted by Gasteiger charge is -2.27. The number of amides is 1. The second-order valence-corrected chi connectivity index (χ2v) is 8.65. The van der Waals surface area contributed by atoms with Crippen molar-refractivity contribution in [2.24, 2.45) is 0 Å². The van der Waals surface area contributed by atoms with Crippen molar-refractivity contribution in [2.45, 2.75) is 38.8 Å². The van der Waals surface area contributed by atoms with Gasteiger partial charge in [0.25, 0.3) is 5.91 Å². The number of ketones is 1. The lowest BCUT2D eigenvalue weighted by molar-refractivity contribution is -0.118. The number of benzene rings is 3. The van der Waals surface area contributed by atoms with Crippen LogP contribution in [0.15, 0.2) is 90.2 Å². The molecule has 35 heavy (non-hydrogen) atoms. The summed E-state index contributed by atoms with van der Waals surface area (Å²) in [5, 5.41) is 20.0. The number of ether oxygens (including phenoxy) is 1. The van der Waals surface area contributed by atoms with Crippen molar-refractivity contribution < 1.29 is 19.4 Å². The van der Waals surface area contributed by atoms with Gasteiger partial charge in [-0.05, 0) is 67.8 Å². The first kappa shape index (κ1) is 23.8. The van der Waals surface area contributed by atoms with E-state index in [-0.39, 0.29) is 23.9 Å². The van der Waals surface area contributed by atoms with Crippen LogP contribution in [0.4, 0.5) is 5.69 Å². The van der Waals surface area contributed by atoms with Gasteiger partial charge in [-0.2, -0.15) is 5.26 Å². The number of hydrogen-bond donors (Lipinski definition) is 1. The Bertz CT molecular complexity index is 1300. The average Bonchev–Trinajstić information content (AvgIpc) is 3.13. The molecule has 4 rings (SSSR count). The maximum atomic E-state index is 13.4. The first-order chi connectivity index (χ1) is 16.9. The number of aliphatic hydroxyl groups excluding tert-OH is 1. The number of nitriles is 1. The third-order valence-electron chi connectivity index (χ3n) is 5.81. The van der Waals surface area contributed by atoms with E-state index in [4.69, 9.17) is 10.00 Å². The van der Waals surface area contributed by atoms with Crippen molar-refractivity contribution in [1.82, 2.24) is 0 Å². The van der Waals surface area contributed by atoms with Crippen molar-refractivity contribution in [1.29, 1.82) is 5.26 Å². The summed E-state index contributed by atoms with van der Waals surface area (Å²) in [5.41, 5.74) is 2.63. The fourth-order valence-corrected chi connectivity index (χ4v) is 4.24. The Labute approximate surface area is 204 Å². The minimum absolute atomic E-state index is 0.0546. The Morgan fingerprint density at radius 2 is 1.77 bits per heavy atom. The summed E-state index contributed by atoms with van der Waals surface area (Å²) >= 11 is 0. The van der Waals surface area contributed by atoms with Crippen LogP contribution in [0.5, 0.6) is 5.75 Å². The molecule has 3 aromatic rings. The van der Waals surface area contributed by atoms with Gasteiger partial charge < -0.3 is 9.84 Å². The summed E-state index contributed by atoms with van der Waals surface area (Å²) < 4.78 is 5.84. The monoisotopic (exact) mass is 466 g/mol. The molecule has 0 spiro atoms. The Morgan fingerprint density at radius 3 is 2.43 bits per heavy atom. The first-order valence-electron chi connectivity index (χ1n) is 11.5. The number of hydrogen-bond acceptors (Lipinski definition) is 5. The van der Waals surface area contributed by atoms with E-state index in [1.807, 2.05) is 56.3 Å². The van der Waals surface area contributed by atoms with Crippen molar-refractivity contribution in [3.63, 3.8) is 0 Å². The third-order valence-corrected chi connectivity index (χ3v) is 5.81. The molecule has 1 unspecified atom stereocenters. The summed E-state index contributed by atoms with van der Waals surface area (Å²) in [5.74, 6) is -0.895. The molecule has 0 aromatic heterocycles. The first-order valence-corrected chi connectivity index (χ1v) is 11.5. The van der Waals surface area contributed by atoms with Crippen LogP contribution in [-0.4, -0.2) is 22.9 Å². The number of carbonyl (C=O) groups is 2. The quantitative estimate of drug-likeness (QED) is 0.477. The minimum Gasteiger partial charge on any atom is -0.503 e. The highest BCUT2D eigenvalue weighted by Gasteiger charge is 2.44. The van der Waals surface area contributed by atoms with Gasteiger partial charge in [0.2, 0.25) is 0 Å². The lowest BCUT2D eigenvalue weighted by atomic mass is 9.93. The molecule has 0 saturated carbocycles. The normalized spacial score (nSPS) is 15.4. The molecule has 0 fully saturated rings. The minimum atomic E-state index is -0.825. The van der Waals surface area contributed by atoms with E-state index in [1.54, 1.807) is 36.4 Å². The number of Topliss-reactive ketones (excluding diaryl/α,β-unsaturated/α-hetero) is 1. The molecule has 1 amide bonds. The maximum Gasteiger partial charge on any atom is 0.294 e. The second-order valence-electron chi connectivity index (χ2n) is 8.65. The van der Waals surface area contributed by atoms with Crippen molar-refractivity contribution in [3.05, 3.63) is 107 Å². The highest BCUT2D eigenvalue weighted by molar-refractivity contribution is 6.16. The largest absolute Gasteiger partial charge is 0.503 e. The Kier molecular flexibility index (Phi) is 6.98. The Morgan fingerprint density at radius 1 is 1.06 bits per heavy atom. The molecule has 0 saturated heterocycles. The van der Waals surface area contributed by atoms with Crippen LogP contribution < -0.4 is 9.64 Å². The van der Waals surface area contributed by atoms with Crippen molar-refractivity contribution in [3.8, 4) is 11.8 Å². The molecule has 1 atom stereocenters. The van der Waals surface area contributed by atoms with E-state index in [0.29, 0.717) is 29.0 Å². The van der Waals surface area contributed by atoms with Crippen LogP contribution in [-0.2, 0) is 16.0 Å². The molecule has 0 aliphatic carbocycles. The predicted molar refractivity (Wildman–Crippen MR) is 133 cm³/mol. The molecule has 0 radical (unpaired) electrons. The van der Waals surface area contributed by atoms with Crippen molar-refractivity contribution >= 4 is 17.4 Å². The lowest BCUT2D eigenvalue weighted by Crippen LogP contribution is -2.31. The number of carbonyl (C=O) groups excluding carboxylic acids is 2. The van der Waals surface area contributed by atoms with Crippen molar-refractivity contribution in [2.75, 3.05) is 4.90 Å². The van der Waals surface area contributed by atoms with Gasteiger partial charge in [0.05, 0.1) is 29.4 Å². The Hall–Kier alpha value is -4.37. The predicted octanol–water partition coefficient (Wildman–Crippen LogP) is 5.45. The van der Waals surface area contributed by atoms with Gasteiger partial charge in [0.15, 0.2) is 11.5 Å². The molecule has 1 aliphatic heterocycles. The van der Waals surface area contributed by atoms with E-state index in [2.05, 4.69) is 6.07 Å². The zero-order valence-corrected chi connectivity index (χ0v) is 19.6. The van der Waals surface area contributed by atoms with Gasteiger partial charge in [0, 0.05) is 12.1 Å². The van der Waals surface area contributed by atoms with E-state index in [1.165, 1.54) is 4.90 Å². The van der Waals surface area contributed by atoms with Crippen LogP contribution in [0.25, 0.3) is 0 Å². The van der Waals surface area contributed by atoms with Crippen LogP contribution in [0.1, 0.15) is 43.0 Å². The smallest absolute Gasteiger partial charge is 0.294 e. The molecule has 1 N–H and O–H groups in total. The average molecular weight is 467 g/mol. The van der Waals surface area contributed by atoms with Crippen LogP contribution in [0.2, 0.25) is 0 Å². The summed E-state index contributed by atoms with van der Waals surface area (Å²) in [6.07, 6.45) is 0.586. The van der Waals surface area contributed by atoms with Crippen LogP contribution in [0, 0.1) is 11.3 Å². The fraction of sp³-hybridized carbons (Fsp3) is 0.207. The molecule has 3 aromatic carbocycles. The summed E-state index contributed by atoms with van der Waals surface area (Å²) in [6, 6.07) is 24.5. The van der Waals surface area contributed by atoms with E-state index < -0.39 is 17.7 Å². The van der Waals surface area contributed by atoms with Gasteiger partial charge >= 0.3 is 0 Å². The highest BCUT2D eigenvalue weighted by Crippen LogP contribution is 2.42. The molecule has 0 bridgehead atoms. The number of nitrogens with zero attached hydrogens (tertiary/aromatic N) is 2. The zero-order valence-electron chi connectivity index (χ0n) is 19.6. The molecule has 1 heterocycles. The number of anilines is 1. The van der Waals surface area contributed by atoms with Gasteiger partial charge in [-0.1, -0.05) is 42.5 Å². The van der Waals surface area contributed by atoms with Crippen LogP contribution in [0.3, 0.4) is 0 Å². The van der Waals surface area contributed by atoms with Gasteiger partial charge in [0.1, 0.15) is 5.75 Å². The van der Waals surface area contributed by atoms with Gasteiger partial charge in [-0.25, -0.2) is 0 Å². The topological polar surface area (TPSA) is 90.6 Å². The zero-order chi connectivity index (χ0) is 24.9. The molecule has 1 aliphatic rings. The van der Waals surface area contributed by atoms with Gasteiger partial charge in [-0.15, -0.1) is 0 Å². The molecular formula is C29H26N2O4. The van der Waals surface area contributed by atoms with E-state index in [0.717, 1.165) is 5.56 Å². The fourth-order valence-electron chi connectivity index (χ4n) is 4.24. The highest BCUT2D eigenvalue weighted by atomic mass is 16.5. The molecule has 6 heteroatoms. The standard InChI is InChI=1S/C29H26N2O4/c1-19(2)35-24-10-6-9-22(17-24)27-26(25(32)16-13-20-7-4-3-5-8-20)28(33)29(34)31(27)23-14-11-21(18-30)12-15-23/h3-12,14-15,17,19,27,33H,13,16H2,1-2H3. The molecule has 6 nitrogen and oxygen atoms in total. The molecular weight excluding hydrogens is 440 g/mol. The molecule has 176 valence electrons. The van der Waals surface area contributed by atoms with E-state index >= 15 is 0 Å². The summed E-state index contributed by atoms with van der Waals surface area (Å²) in [6.45, 7) is 3.83. The summed E-state index contributed by atoms with van der Waals surface area (Å²) in [7, 11) is 0. The van der Waals surface area contributed by atoms with Crippen LogP contribution >= 0.6 is 0 Å². The third kappa shape index (κ3) is 5.10. The van der Waals surface area contributed by atoms with E-state index in [9.17, 15) is 14.7 Å². The second kappa shape index (κ2) is 10.3.